The average Bonchev–Trinajstić information content (AvgIpc) is 3.29. The van der Waals surface area contributed by atoms with Gasteiger partial charge in [-0.25, -0.2) is 9.97 Å². The number of morpholine rings is 1. The van der Waals surface area contributed by atoms with Crippen LogP contribution in [-0.4, -0.2) is 48.3 Å². The van der Waals surface area contributed by atoms with Gasteiger partial charge in [0.05, 0.1) is 19.3 Å². The molecule has 31 heavy (non-hydrogen) atoms. The molecule has 0 saturated carbocycles. The zero-order valence-corrected chi connectivity index (χ0v) is 18.5. The normalized spacial score (nSPS) is 14.0. The minimum Gasteiger partial charge on any atom is -0.491 e. The molecule has 3 heterocycles. The number of carbonyl (C=O) groups excluding carboxylic acids is 1. The van der Waals surface area contributed by atoms with Crippen molar-refractivity contribution in [1.82, 2.24) is 15.3 Å². The van der Waals surface area contributed by atoms with E-state index in [-0.39, 0.29) is 12.0 Å². The van der Waals surface area contributed by atoms with E-state index in [0.717, 1.165) is 40.8 Å². The van der Waals surface area contributed by atoms with Crippen LogP contribution >= 0.6 is 11.3 Å². The van der Waals surface area contributed by atoms with Gasteiger partial charge in [-0.3, -0.25) is 4.79 Å². The lowest BCUT2D eigenvalue weighted by molar-refractivity contribution is 0.0946. The van der Waals surface area contributed by atoms with Crippen molar-refractivity contribution in [2.45, 2.75) is 26.5 Å². The van der Waals surface area contributed by atoms with Crippen molar-refractivity contribution in [2.24, 2.45) is 0 Å². The summed E-state index contributed by atoms with van der Waals surface area (Å²) in [4.78, 5) is 23.8. The minimum atomic E-state index is -0.188. The molecule has 7 nitrogen and oxygen atoms in total. The Morgan fingerprint density at radius 2 is 2.00 bits per heavy atom. The molecule has 0 unspecified atom stereocenters. The number of nitrogens with one attached hydrogen (secondary N) is 1. The Labute approximate surface area is 186 Å². The van der Waals surface area contributed by atoms with Crippen molar-refractivity contribution in [1.29, 1.82) is 0 Å². The fourth-order valence-electron chi connectivity index (χ4n) is 3.26. The highest BCUT2D eigenvalue weighted by molar-refractivity contribution is 7.13. The molecule has 0 radical (unpaired) electrons. The Morgan fingerprint density at radius 1 is 1.23 bits per heavy atom. The van der Waals surface area contributed by atoms with Crippen LogP contribution in [0.3, 0.4) is 0 Å². The minimum absolute atomic E-state index is 0.134. The number of hydrogen-bond donors (Lipinski definition) is 1. The molecule has 0 bridgehead atoms. The van der Waals surface area contributed by atoms with Crippen LogP contribution in [-0.2, 0) is 11.3 Å². The maximum Gasteiger partial charge on any atom is 0.271 e. The van der Waals surface area contributed by atoms with Crippen molar-refractivity contribution < 1.29 is 14.3 Å². The van der Waals surface area contributed by atoms with Gasteiger partial charge in [0.15, 0.2) is 0 Å². The first kappa shape index (κ1) is 21.3. The zero-order valence-electron chi connectivity index (χ0n) is 17.7. The molecule has 1 aliphatic heterocycles. The third-order valence-electron chi connectivity index (χ3n) is 4.81. The van der Waals surface area contributed by atoms with Gasteiger partial charge >= 0.3 is 0 Å². The summed E-state index contributed by atoms with van der Waals surface area (Å²) < 4.78 is 11.1. The van der Waals surface area contributed by atoms with Crippen LogP contribution in [0.2, 0.25) is 0 Å². The third-order valence-corrected chi connectivity index (χ3v) is 5.70. The van der Waals surface area contributed by atoms with Crippen LogP contribution in [0.15, 0.2) is 48.0 Å². The highest BCUT2D eigenvalue weighted by Crippen LogP contribution is 2.26. The van der Waals surface area contributed by atoms with E-state index in [4.69, 9.17) is 9.47 Å². The monoisotopic (exact) mass is 438 g/mol. The standard InChI is InChI=1S/C23H26N4O3S/c1-16(2)30-19-5-3-17(4-6-19)14-25-22(28)20-15-31-23(26-20)18-7-8-24-21(13-18)27-9-11-29-12-10-27/h3-8,13,15-16H,9-12,14H2,1-2H3,(H,25,28). The average molecular weight is 439 g/mol. The first-order chi connectivity index (χ1) is 15.1. The number of hydrogen-bond acceptors (Lipinski definition) is 7. The predicted octanol–water partition coefficient (Wildman–Crippen LogP) is 3.76. The summed E-state index contributed by atoms with van der Waals surface area (Å²) >= 11 is 1.46. The van der Waals surface area contributed by atoms with E-state index < -0.39 is 0 Å². The third kappa shape index (κ3) is 5.59. The second-order valence-corrected chi connectivity index (χ2v) is 8.39. The summed E-state index contributed by atoms with van der Waals surface area (Å²) in [5.74, 6) is 1.54. The summed E-state index contributed by atoms with van der Waals surface area (Å²) in [6, 6.07) is 11.7. The smallest absolute Gasteiger partial charge is 0.271 e. The van der Waals surface area contributed by atoms with Gasteiger partial charge in [0.2, 0.25) is 0 Å². The summed E-state index contributed by atoms with van der Waals surface area (Å²) in [5, 5.41) is 5.53. The molecule has 1 aromatic carbocycles. The number of thiazole rings is 1. The number of aromatic nitrogens is 2. The number of carbonyl (C=O) groups is 1. The Kier molecular flexibility index (Phi) is 6.79. The number of amides is 1. The topological polar surface area (TPSA) is 76.6 Å². The Balaban J connectivity index is 1.37. The van der Waals surface area contributed by atoms with Gasteiger partial charge < -0.3 is 19.7 Å². The van der Waals surface area contributed by atoms with E-state index in [1.165, 1.54) is 11.3 Å². The lowest BCUT2D eigenvalue weighted by Gasteiger charge is -2.27. The largest absolute Gasteiger partial charge is 0.491 e. The van der Waals surface area contributed by atoms with Gasteiger partial charge in [-0.05, 0) is 43.7 Å². The molecule has 1 N–H and O–H groups in total. The van der Waals surface area contributed by atoms with Crippen molar-refractivity contribution in [3.8, 4) is 16.3 Å². The number of ether oxygens (including phenoxy) is 2. The second kappa shape index (κ2) is 9.89. The molecular formula is C23H26N4O3S. The SMILES string of the molecule is CC(C)Oc1ccc(CNC(=O)c2csc(-c3ccnc(N4CCOCC4)c3)n2)cc1. The van der Waals surface area contributed by atoms with E-state index in [9.17, 15) is 4.79 Å². The molecule has 1 saturated heterocycles. The molecule has 4 rings (SSSR count). The Bertz CT molecular complexity index is 1010. The summed E-state index contributed by atoms with van der Waals surface area (Å²) in [7, 11) is 0. The van der Waals surface area contributed by atoms with Crippen molar-refractivity contribution >= 4 is 23.1 Å². The molecule has 1 fully saturated rings. The summed E-state index contributed by atoms with van der Waals surface area (Å²) in [6.45, 7) is 7.49. The van der Waals surface area contributed by atoms with Crippen LogP contribution in [0.1, 0.15) is 29.9 Å². The molecule has 0 spiro atoms. The van der Waals surface area contributed by atoms with E-state index in [1.807, 2.05) is 50.2 Å². The number of pyridine rings is 1. The second-order valence-electron chi connectivity index (χ2n) is 7.53. The van der Waals surface area contributed by atoms with Crippen LogP contribution in [0.5, 0.6) is 5.75 Å². The van der Waals surface area contributed by atoms with Crippen LogP contribution in [0.4, 0.5) is 5.82 Å². The quantitative estimate of drug-likeness (QED) is 0.605. The van der Waals surface area contributed by atoms with Crippen LogP contribution in [0.25, 0.3) is 10.6 Å². The molecule has 162 valence electrons. The number of anilines is 1. The number of benzene rings is 1. The van der Waals surface area contributed by atoms with E-state index in [0.29, 0.717) is 25.5 Å². The van der Waals surface area contributed by atoms with Gasteiger partial charge in [-0.1, -0.05) is 12.1 Å². The molecule has 2 aromatic heterocycles. The molecule has 3 aromatic rings. The lowest BCUT2D eigenvalue weighted by atomic mass is 10.2. The highest BCUT2D eigenvalue weighted by Gasteiger charge is 2.15. The molecule has 1 aliphatic rings. The fraction of sp³-hybridized carbons (Fsp3) is 0.348. The van der Waals surface area contributed by atoms with Gasteiger partial charge in [0, 0.05) is 36.8 Å². The maximum absolute atomic E-state index is 12.6. The molecule has 1 amide bonds. The van der Waals surface area contributed by atoms with Gasteiger partial charge in [-0.15, -0.1) is 11.3 Å². The molecule has 8 heteroatoms. The lowest BCUT2D eigenvalue weighted by Crippen LogP contribution is -2.36. The van der Waals surface area contributed by atoms with Crippen molar-refractivity contribution in [2.75, 3.05) is 31.2 Å². The van der Waals surface area contributed by atoms with E-state index in [1.54, 1.807) is 11.6 Å². The van der Waals surface area contributed by atoms with Gasteiger partial charge in [-0.2, -0.15) is 0 Å². The Hall–Kier alpha value is -2.97. The molecular weight excluding hydrogens is 412 g/mol. The summed E-state index contributed by atoms with van der Waals surface area (Å²) in [6.07, 6.45) is 1.92. The maximum atomic E-state index is 12.6. The van der Waals surface area contributed by atoms with Gasteiger partial charge in [0.1, 0.15) is 22.3 Å². The van der Waals surface area contributed by atoms with Crippen molar-refractivity contribution in [3.05, 3.63) is 59.2 Å². The molecule has 0 aliphatic carbocycles. The zero-order chi connectivity index (χ0) is 21.6. The first-order valence-electron chi connectivity index (χ1n) is 10.4. The first-order valence-corrected chi connectivity index (χ1v) is 11.2. The fourth-order valence-corrected chi connectivity index (χ4v) is 4.06. The number of rotatable bonds is 7. The Morgan fingerprint density at radius 3 is 2.74 bits per heavy atom. The van der Waals surface area contributed by atoms with Crippen LogP contribution < -0.4 is 15.0 Å². The van der Waals surface area contributed by atoms with Crippen molar-refractivity contribution in [3.63, 3.8) is 0 Å². The summed E-state index contributed by atoms with van der Waals surface area (Å²) in [5.41, 5.74) is 2.38. The van der Waals surface area contributed by atoms with E-state index in [2.05, 4.69) is 20.2 Å². The predicted molar refractivity (Wildman–Crippen MR) is 122 cm³/mol. The van der Waals surface area contributed by atoms with Crippen LogP contribution in [0, 0.1) is 0 Å². The number of nitrogens with zero attached hydrogens (tertiary/aromatic N) is 3. The molecule has 0 atom stereocenters. The van der Waals surface area contributed by atoms with E-state index >= 15 is 0 Å². The highest BCUT2D eigenvalue weighted by atomic mass is 32.1. The van der Waals surface area contributed by atoms with Gasteiger partial charge in [0.25, 0.3) is 5.91 Å².